The van der Waals surface area contributed by atoms with Crippen LogP contribution in [0.2, 0.25) is 0 Å². The maximum absolute atomic E-state index is 5.89. The van der Waals surface area contributed by atoms with E-state index in [0.717, 1.165) is 12.8 Å². The van der Waals surface area contributed by atoms with Gasteiger partial charge in [-0.05, 0) is 43.2 Å². The van der Waals surface area contributed by atoms with Crippen molar-refractivity contribution in [3.63, 3.8) is 0 Å². The maximum Gasteiger partial charge on any atom is 0.213 e. The van der Waals surface area contributed by atoms with Crippen molar-refractivity contribution in [1.82, 2.24) is 4.98 Å². The Hall–Kier alpha value is -1.09. The second-order valence-electron chi connectivity index (χ2n) is 4.24. The first kappa shape index (κ1) is 10.4. The summed E-state index contributed by atoms with van der Waals surface area (Å²) >= 11 is 0. The predicted molar refractivity (Wildman–Crippen MR) is 60.0 cm³/mol. The molecular weight excluding hydrogens is 188 g/mol. The fourth-order valence-corrected chi connectivity index (χ4v) is 2.24. The lowest BCUT2D eigenvalue weighted by molar-refractivity contribution is 0.384. The van der Waals surface area contributed by atoms with Gasteiger partial charge < -0.3 is 10.5 Å². The summed E-state index contributed by atoms with van der Waals surface area (Å²) in [5.41, 5.74) is 7.24. The van der Waals surface area contributed by atoms with Gasteiger partial charge in [0.25, 0.3) is 0 Å². The lowest BCUT2D eigenvalue weighted by Crippen LogP contribution is -2.25. The summed E-state index contributed by atoms with van der Waals surface area (Å²) in [6, 6.07) is 4.54. The van der Waals surface area contributed by atoms with Crippen LogP contribution in [0.15, 0.2) is 18.3 Å². The van der Waals surface area contributed by atoms with Crippen LogP contribution in [0.4, 0.5) is 0 Å². The van der Waals surface area contributed by atoms with Gasteiger partial charge in [0.05, 0.1) is 7.11 Å². The maximum atomic E-state index is 5.89. The molecule has 1 fully saturated rings. The fraction of sp³-hybridized carbons (Fsp3) is 0.583. The SMILES string of the molecule is COc1cc([C@H]2CC[C@H](N)CC2)ccn1. The van der Waals surface area contributed by atoms with Crippen LogP contribution in [0.3, 0.4) is 0 Å². The average Bonchev–Trinajstić information content (AvgIpc) is 2.30. The standard InChI is InChI=1S/C12H18N2O/c1-15-12-8-10(6-7-14-12)9-2-4-11(13)5-3-9/h6-9,11H,2-5,13H2,1H3/t9-,11-. The Labute approximate surface area is 90.7 Å². The topological polar surface area (TPSA) is 48.1 Å². The summed E-state index contributed by atoms with van der Waals surface area (Å²) in [4.78, 5) is 4.12. The molecule has 1 saturated carbocycles. The van der Waals surface area contributed by atoms with Gasteiger partial charge in [0.1, 0.15) is 0 Å². The van der Waals surface area contributed by atoms with Crippen LogP contribution in [-0.2, 0) is 0 Å². The van der Waals surface area contributed by atoms with Gasteiger partial charge in [-0.2, -0.15) is 0 Å². The highest BCUT2D eigenvalue weighted by Gasteiger charge is 2.20. The van der Waals surface area contributed by atoms with E-state index < -0.39 is 0 Å². The van der Waals surface area contributed by atoms with Crippen LogP contribution in [0.1, 0.15) is 37.2 Å². The largest absolute Gasteiger partial charge is 0.481 e. The third-order valence-electron chi connectivity index (χ3n) is 3.21. The number of nitrogens with zero attached hydrogens (tertiary/aromatic N) is 1. The zero-order valence-electron chi connectivity index (χ0n) is 9.15. The van der Waals surface area contributed by atoms with Gasteiger partial charge in [-0.15, -0.1) is 0 Å². The number of rotatable bonds is 2. The Bertz CT molecular complexity index is 319. The molecule has 1 aromatic heterocycles. The molecule has 1 aliphatic rings. The van der Waals surface area contributed by atoms with Crippen LogP contribution in [0, 0.1) is 0 Å². The first-order valence-electron chi connectivity index (χ1n) is 5.55. The van der Waals surface area contributed by atoms with Crippen molar-refractivity contribution in [3.05, 3.63) is 23.9 Å². The smallest absolute Gasteiger partial charge is 0.213 e. The van der Waals surface area contributed by atoms with Crippen LogP contribution >= 0.6 is 0 Å². The Balaban J connectivity index is 2.08. The van der Waals surface area contributed by atoms with Crippen LogP contribution in [0.5, 0.6) is 5.88 Å². The monoisotopic (exact) mass is 206 g/mol. The Morgan fingerprint density at radius 3 is 2.73 bits per heavy atom. The Kier molecular flexibility index (Phi) is 3.21. The van der Waals surface area contributed by atoms with Gasteiger partial charge in [-0.25, -0.2) is 4.98 Å². The molecule has 3 nitrogen and oxygen atoms in total. The fourth-order valence-electron chi connectivity index (χ4n) is 2.24. The number of ether oxygens (including phenoxy) is 1. The summed E-state index contributed by atoms with van der Waals surface area (Å²) in [6.07, 6.45) is 6.47. The van der Waals surface area contributed by atoms with Crippen molar-refractivity contribution in [2.24, 2.45) is 5.73 Å². The highest BCUT2D eigenvalue weighted by atomic mass is 16.5. The molecule has 82 valence electrons. The number of pyridine rings is 1. The molecular formula is C12H18N2O. The van der Waals surface area contributed by atoms with Crippen molar-refractivity contribution in [2.75, 3.05) is 7.11 Å². The van der Waals surface area contributed by atoms with E-state index in [4.69, 9.17) is 10.5 Å². The molecule has 1 aromatic rings. The molecule has 3 heteroatoms. The zero-order chi connectivity index (χ0) is 10.7. The first-order chi connectivity index (χ1) is 7.29. The molecule has 0 spiro atoms. The van der Waals surface area contributed by atoms with E-state index in [2.05, 4.69) is 11.1 Å². The molecule has 0 aromatic carbocycles. The quantitative estimate of drug-likeness (QED) is 0.806. The number of methoxy groups -OCH3 is 1. The van der Waals surface area contributed by atoms with Crippen molar-refractivity contribution >= 4 is 0 Å². The third kappa shape index (κ3) is 2.48. The van der Waals surface area contributed by atoms with Gasteiger partial charge in [-0.3, -0.25) is 0 Å². The molecule has 0 aliphatic heterocycles. The molecule has 0 atom stereocenters. The minimum Gasteiger partial charge on any atom is -0.481 e. The predicted octanol–water partition coefficient (Wildman–Crippen LogP) is 2.08. The van der Waals surface area contributed by atoms with Gasteiger partial charge in [0, 0.05) is 18.3 Å². The average molecular weight is 206 g/mol. The lowest BCUT2D eigenvalue weighted by atomic mass is 9.82. The van der Waals surface area contributed by atoms with E-state index >= 15 is 0 Å². The van der Waals surface area contributed by atoms with Gasteiger partial charge >= 0.3 is 0 Å². The first-order valence-corrected chi connectivity index (χ1v) is 5.55. The highest BCUT2D eigenvalue weighted by Crippen LogP contribution is 2.32. The third-order valence-corrected chi connectivity index (χ3v) is 3.21. The molecule has 0 radical (unpaired) electrons. The lowest BCUT2D eigenvalue weighted by Gasteiger charge is -2.26. The molecule has 0 unspecified atom stereocenters. The van der Waals surface area contributed by atoms with Crippen molar-refractivity contribution in [2.45, 2.75) is 37.6 Å². The zero-order valence-corrected chi connectivity index (χ0v) is 9.15. The number of nitrogens with two attached hydrogens (primary N) is 1. The summed E-state index contributed by atoms with van der Waals surface area (Å²) in [5, 5.41) is 0. The minimum atomic E-state index is 0.407. The molecule has 0 saturated heterocycles. The van der Waals surface area contributed by atoms with E-state index in [1.54, 1.807) is 7.11 Å². The van der Waals surface area contributed by atoms with Crippen LogP contribution < -0.4 is 10.5 Å². The van der Waals surface area contributed by atoms with Crippen LogP contribution in [-0.4, -0.2) is 18.1 Å². The molecule has 2 N–H and O–H groups in total. The normalized spacial score (nSPS) is 26.3. The second-order valence-corrected chi connectivity index (χ2v) is 4.24. The molecule has 1 aliphatic carbocycles. The number of hydrogen-bond donors (Lipinski definition) is 1. The Morgan fingerprint density at radius 2 is 2.07 bits per heavy atom. The van der Waals surface area contributed by atoms with E-state index in [9.17, 15) is 0 Å². The Morgan fingerprint density at radius 1 is 1.33 bits per heavy atom. The summed E-state index contributed by atoms with van der Waals surface area (Å²) in [7, 11) is 1.66. The van der Waals surface area contributed by atoms with E-state index in [0.29, 0.717) is 17.8 Å². The summed E-state index contributed by atoms with van der Waals surface area (Å²) in [6.45, 7) is 0. The van der Waals surface area contributed by atoms with Gasteiger partial charge in [0.15, 0.2) is 0 Å². The molecule has 0 bridgehead atoms. The van der Waals surface area contributed by atoms with E-state index in [-0.39, 0.29) is 0 Å². The summed E-state index contributed by atoms with van der Waals surface area (Å²) in [5.74, 6) is 1.35. The minimum absolute atomic E-state index is 0.407. The molecule has 2 rings (SSSR count). The second kappa shape index (κ2) is 4.62. The van der Waals surface area contributed by atoms with Crippen LogP contribution in [0.25, 0.3) is 0 Å². The number of aromatic nitrogens is 1. The van der Waals surface area contributed by atoms with E-state index in [1.165, 1.54) is 18.4 Å². The van der Waals surface area contributed by atoms with Crippen molar-refractivity contribution in [3.8, 4) is 5.88 Å². The van der Waals surface area contributed by atoms with Gasteiger partial charge in [-0.1, -0.05) is 0 Å². The number of hydrogen-bond acceptors (Lipinski definition) is 3. The molecule has 1 heterocycles. The molecule has 0 amide bonds. The van der Waals surface area contributed by atoms with Crippen molar-refractivity contribution in [1.29, 1.82) is 0 Å². The summed E-state index contributed by atoms with van der Waals surface area (Å²) < 4.78 is 5.13. The van der Waals surface area contributed by atoms with Crippen molar-refractivity contribution < 1.29 is 4.74 Å². The van der Waals surface area contributed by atoms with Gasteiger partial charge in [0.2, 0.25) is 5.88 Å². The molecule has 15 heavy (non-hydrogen) atoms. The van der Waals surface area contributed by atoms with E-state index in [1.807, 2.05) is 12.3 Å². The highest BCUT2D eigenvalue weighted by molar-refractivity contribution is 5.24.